The number of benzene rings is 1. The number of carbonyl (C=O) groups excluding carboxylic acids is 1. The molecule has 0 spiro atoms. The smallest absolute Gasteiger partial charge is 0.319 e. The van der Waals surface area contributed by atoms with E-state index >= 15 is 0 Å². The molecule has 1 aromatic carbocycles. The summed E-state index contributed by atoms with van der Waals surface area (Å²) in [6.45, 7) is 0.723. The average Bonchev–Trinajstić information content (AvgIpc) is 2.87. The highest BCUT2D eigenvalue weighted by atomic mass is 16.4. The molecule has 0 bridgehead atoms. The van der Waals surface area contributed by atoms with Crippen LogP contribution in [-0.4, -0.2) is 30.2 Å². The second-order valence-electron chi connectivity index (χ2n) is 5.31. The molecule has 2 unspecified atom stereocenters. The van der Waals surface area contributed by atoms with Crippen LogP contribution in [0.5, 0.6) is 0 Å². The zero-order valence-corrected chi connectivity index (χ0v) is 12.1. The summed E-state index contributed by atoms with van der Waals surface area (Å²) in [5, 5.41) is 17.7. The van der Waals surface area contributed by atoms with E-state index < -0.39 is 11.9 Å². The molecule has 0 aliphatic heterocycles. The van der Waals surface area contributed by atoms with Crippen LogP contribution in [0.4, 0.5) is 10.5 Å². The first kappa shape index (κ1) is 15.3. The van der Waals surface area contributed by atoms with Crippen molar-refractivity contribution in [1.82, 2.24) is 10.6 Å². The van der Waals surface area contributed by atoms with Crippen LogP contribution in [0, 0.1) is 5.92 Å². The first-order chi connectivity index (χ1) is 10.1. The minimum absolute atomic E-state index is 0.289. The summed E-state index contributed by atoms with van der Waals surface area (Å²) in [5.41, 5.74) is 1.77. The Balaban J connectivity index is 1.92. The van der Waals surface area contributed by atoms with Gasteiger partial charge in [-0.3, -0.25) is 4.79 Å². The van der Waals surface area contributed by atoms with Gasteiger partial charge in [-0.05, 0) is 37.6 Å². The fourth-order valence-electron chi connectivity index (χ4n) is 2.73. The predicted molar refractivity (Wildman–Crippen MR) is 80.1 cm³/mol. The second-order valence-corrected chi connectivity index (χ2v) is 5.31. The first-order valence-corrected chi connectivity index (χ1v) is 7.14. The van der Waals surface area contributed by atoms with Crippen molar-refractivity contribution in [2.24, 2.45) is 5.92 Å². The lowest BCUT2D eigenvalue weighted by molar-refractivity contribution is -0.142. The van der Waals surface area contributed by atoms with E-state index in [1.807, 2.05) is 31.3 Å². The molecule has 1 fully saturated rings. The molecule has 1 aliphatic carbocycles. The van der Waals surface area contributed by atoms with Gasteiger partial charge in [0, 0.05) is 18.3 Å². The third-order valence-corrected chi connectivity index (χ3v) is 3.72. The Morgan fingerprint density at radius 2 is 2.14 bits per heavy atom. The van der Waals surface area contributed by atoms with Crippen LogP contribution < -0.4 is 16.0 Å². The SMILES string of the molecule is CNCc1cccc(NC(=O)NC2CCCC2C(=O)O)c1. The zero-order chi connectivity index (χ0) is 15.2. The van der Waals surface area contributed by atoms with E-state index in [1.54, 1.807) is 0 Å². The minimum Gasteiger partial charge on any atom is -0.481 e. The third-order valence-electron chi connectivity index (χ3n) is 3.72. The quantitative estimate of drug-likeness (QED) is 0.665. The summed E-state index contributed by atoms with van der Waals surface area (Å²) in [5.74, 6) is -1.32. The molecule has 1 aromatic rings. The van der Waals surface area contributed by atoms with Crippen molar-refractivity contribution in [3.63, 3.8) is 0 Å². The summed E-state index contributed by atoms with van der Waals surface area (Å²) in [7, 11) is 1.86. The summed E-state index contributed by atoms with van der Waals surface area (Å²) < 4.78 is 0. The number of aliphatic carboxylic acids is 1. The predicted octanol–water partition coefficient (Wildman–Crippen LogP) is 1.78. The molecule has 6 heteroatoms. The molecule has 4 N–H and O–H groups in total. The average molecular weight is 291 g/mol. The van der Waals surface area contributed by atoms with E-state index in [0.717, 1.165) is 18.5 Å². The molecule has 0 aromatic heterocycles. The standard InChI is InChI=1S/C15H21N3O3/c1-16-9-10-4-2-5-11(8-10)17-15(21)18-13-7-3-6-12(13)14(19)20/h2,4-5,8,12-13,16H,3,6-7,9H2,1H3,(H,19,20)(H2,17,18,21). The van der Waals surface area contributed by atoms with Gasteiger partial charge < -0.3 is 21.1 Å². The molecule has 6 nitrogen and oxygen atoms in total. The lowest BCUT2D eigenvalue weighted by Gasteiger charge is -2.18. The van der Waals surface area contributed by atoms with Gasteiger partial charge in [-0.15, -0.1) is 0 Å². The number of nitrogens with one attached hydrogen (secondary N) is 3. The van der Waals surface area contributed by atoms with E-state index in [0.29, 0.717) is 18.5 Å². The number of carboxylic acid groups (broad SMARTS) is 1. The van der Waals surface area contributed by atoms with Gasteiger partial charge in [0.05, 0.1) is 5.92 Å². The molecule has 114 valence electrons. The molecule has 0 saturated heterocycles. The van der Waals surface area contributed by atoms with Gasteiger partial charge in [-0.2, -0.15) is 0 Å². The van der Waals surface area contributed by atoms with E-state index in [1.165, 1.54) is 0 Å². The monoisotopic (exact) mass is 291 g/mol. The maximum absolute atomic E-state index is 12.0. The van der Waals surface area contributed by atoms with Gasteiger partial charge >= 0.3 is 12.0 Å². The Kier molecular flexibility index (Phi) is 5.16. The van der Waals surface area contributed by atoms with E-state index in [2.05, 4.69) is 16.0 Å². The van der Waals surface area contributed by atoms with Crippen LogP contribution in [0.25, 0.3) is 0 Å². The van der Waals surface area contributed by atoms with Crippen molar-refractivity contribution in [2.45, 2.75) is 31.8 Å². The Hall–Kier alpha value is -2.08. The van der Waals surface area contributed by atoms with Crippen molar-refractivity contribution < 1.29 is 14.7 Å². The first-order valence-electron chi connectivity index (χ1n) is 7.14. The topological polar surface area (TPSA) is 90.5 Å². The number of hydrogen-bond donors (Lipinski definition) is 4. The zero-order valence-electron chi connectivity index (χ0n) is 12.1. The van der Waals surface area contributed by atoms with E-state index in [4.69, 9.17) is 5.11 Å². The third kappa shape index (κ3) is 4.19. The molecule has 0 radical (unpaired) electrons. The maximum Gasteiger partial charge on any atom is 0.319 e. The minimum atomic E-state index is -0.839. The second kappa shape index (κ2) is 7.08. The van der Waals surface area contributed by atoms with Crippen molar-refractivity contribution in [1.29, 1.82) is 0 Å². The molecular weight excluding hydrogens is 270 g/mol. The van der Waals surface area contributed by atoms with E-state index in [-0.39, 0.29) is 12.1 Å². The van der Waals surface area contributed by atoms with Gasteiger partial charge in [0.25, 0.3) is 0 Å². The lowest BCUT2D eigenvalue weighted by atomic mass is 10.0. The highest BCUT2D eigenvalue weighted by molar-refractivity contribution is 5.90. The number of anilines is 1. The van der Waals surface area contributed by atoms with Crippen LogP contribution in [-0.2, 0) is 11.3 Å². The molecule has 2 rings (SSSR count). The van der Waals surface area contributed by atoms with E-state index in [9.17, 15) is 9.59 Å². The number of hydrogen-bond acceptors (Lipinski definition) is 3. The van der Waals surface area contributed by atoms with Crippen molar-refractivity contribution >= 4 is 17.7 Å². The number of carboxylic acids is 1. The Morgan fingerprint density at radius 3 is 2.86 bits per heavy atom. The summed E-state index contributed by atoms with van der Waals surface area (Å²) in [4.78, 5) is 23.1. The Labute approximate surface area is 123 Å². The number of urea groups is 1. The van der Waals surface area contributed by atoms with Crippen LogP contribution in [0.3, 0.4) is 0 Å². The largest absolute Gasteiger partial charge is 0.481 e. The molecule has 1 aliphatic rings. The van der Waals surface area contributed by atoms with Crippen molar-refractivity contribution in [3.05, 3.63) is 29.8 Å². The number of amides is 2. The molecular formula is C15H21N3O3. The number of carbonyl (C=O) groups is 2. The highest BCUT2D eigenvalue weighted by Gasteiger charge is 2.33. The van der Waals surface area contributed by atoms with Gasteiger partial charge in [-0.25, -0.2) is 4.79 Å². The summed E-state index contributed by atoms with van der Waals surface area (Å²) >= 11 is 0. The fourth-order valence-corrected chi connectivity index (χ4v) is 2.73. The normalized spacial score (nSPS) is 21.0. The summed E-state index contributed by atoms with van der Waals surface area (Å²) in [6, 6.07) is 6.90. The lowest BCUT2D eigenvalue weighted by Crippen LogP contribution is -2.42. The fraction of sp³-hybridized carbons (Fsp3) is 0.467. The van der Waals surface area contributed by atoms with Crippen LogP contribution >= 0.6 is 0 Å². The van der Waals surface area contributed by atoms with Crippen LogP contribution in [0.1, 0.15) is 24.8 Å². The molecule has 2 amide bonds. The van der Waals surface area contributed by atoms with Crippen LogP contribution in [0.15, 0.2) is 24.3 Å². The van der Waals surface area contributed by atoms with Crippen molar-refractivity contribution in [3.8, 4) is 0 Å². The van der Waals surface area contributed by atoms with Gasteiger partial charge in [0.15, 0.2) is 0 Å². The van der Waals surface area contributed by atoms with Gasteiger partial charge in [0.1, 0.15) is 0 Å². The molecule has 21 heavy (non-hydrogen) atoms. The maximum atomic E-state index is 12.0. The number of rotatable bonds is 5. The van der Waals surface area contributed by atoms with Crippen molar-refractivity contribution in [2.75, 3.05) is 12.4 Å². The van der Waals surface area contributed by atoms with Gasteiger partial charge in [-0.1, -0.05) is 18.6 Å². The Bertz CT molecular complexity index is 519. The van der Waals surface area contributed by atoms with Gasteiger partial charge in [0.2, 0.25) is 0 Å². The molecule has 2 atom stereocenters. The Morgan fingerprint density at radius 1 is 1.33 bits per heavy atom. The molecule has 0 heterocycles. The molecule has 1 saturated carbocycles. The van der Waals surface area contributed by atoms with Crippen LogP contribution in [0.2, 0.25) is 0 Å². The highest BCUT2D eigenvalue weighted by Crippen LogP contribution is 2.25. The summed E-state index contributed by atoms with van der Waals surface area (Å²) in [6.07, 6.45) is 2.17.